The highest BCUT2D eigenvalue weighted by atomic mass is 16.6. The molecule has 2 amide bonds. The molecule has 0 radical (unpaired) electrons. The van der Waals surface area contributed by atoms with Gasteiger partial charge in [-0.25, -0.2) is 0 Å². The van der Waals surface area contributed by atoms with Crippen molar-refractivity contribution in [2.45, 2.75) is 12.8 Å². The lowest BCUT2D eigenvalue weighted by molar-refractivity contribution is -0.131. The normalized spacial score (nSPS) is 16.8. The van der Waals surface area contributed by atoms with E-state index in [1.807, 2.05) is 0 Å². The number of nitrogens with two attached hydrogens (primary N) is 1. The first-order valence-corrected chi connectivity index (χ1v) is 8.46. The maximum Gasteiger partial charge on any atom is 0.224 e. The lowest BCUT2D eigenvalue weighted by atomic mass is 10.1. The van der Waals surface area contributed by atoms with E-state index in [1.54, 1.807) is 4.90 Å². The Morgan fingerprint density at radius 2 is 1.56 bits per heavy atom. The van der Waals surface area contributed by atoms with Crippen LogP contribution in [0.2, 0.25) is 0 Å². The molecule has 1 saturated heterocycles. The fourth-order valence-electron chi connectivity index (χ4n) is 2.33. The molecular formula is C17H28N2O6. The summed E-state index contributed by atoms with van der Waals surface area (Å²) in [5.41, 5.74) is 5.25. The maximum atomic E-state index is 11.9. The second-order valence-electron chi connectivity index (χ2n) is 5.57. The van der Waals surface area contributed by atoms with Gasteiger partial charge >= 0.3 is 0 Å². The first-order valence-electron chi connectivity index (χ1n) is 8.46. The molecule has 142 valence electrons. The van der Waals surface area contributed by atoms with Crippen LogP contribution < -0.4 is 5.73 Å². The lowest BCUT2D eigenvalue weighted by Crippen LogP contribution is -2.32. The molecule has 1 rings (SSSR count). The Balaban J connectivity index is 1.85. The summed E-state index contributed by atoms with van der Waals surface area (Å²) in [6.45, 7) is 4.41. The SMILES string of the molecule is C#CCOCCOCCOCCOCCC(=O)N1CC[C@H](C(N)=O)C1. The molecule has 25 heavy (non-hydrogen) atoms. The maximum absolute atomic E-state index is 11.9. The number of carbonyl (C=O) groups is 2. The van der Waals surface area contributed by atoms with Crippen LogP contribution in [0.5, 0.6) is 0 Å². The van der Waals surface area contributed by atoms with Gasteiger partial charge in [0.15, 0.2) is 0 Å². The molecule has 8 nitrogen and oxygen atoms in total. The van der Waals surface area contributed by atoms with Crippen molar-refractivity contribution < 1.29 is 28.5 Å². The van der Waals surface area contributed by atoms with Crippen molar-refractivity contribution >= 4 is 11.8 Å². The number of hydrogen-bond acceptors (Lipinski definition) is 6. The van der Waals surface area contributed by atoms with Crippen LogP contribution in [-0.2, 0) is 28.5 Å². The van der Waals surface area contributed by atoms with Crippen LogP contribution >= 0.6 is 0 Å². The van der Waals surface area contributed by atoms with Crippen LogP contribution in [0.1, 0.15) is 12.8 Å². The first kappa shape index (κ1) is 21.4. The van der Waals surface area contributed by atoms with Crippen LogP contribution in [0.3, 0.4) is 0 Å². The minimum Gasteiger partial charge on any atom is -0.379 e. The zero-order valence-corrected chi connectivity index (χ0v) is 14.6. The highest BCUT2D eigenvalue weighted by Gasteiger charge is 2.29. The van der Waals surface area contributed by atoms with E-state index in [4.69, 9.17) is 31.1 Å². The zero-order chi connectivity index (χ0) is 18.3. The Morgan fingerprint density at radius 3 is 2.08 bits per heavy atom. The van der Waals surface area contributed by atoms with E-state index >= 15 is 0 Å². The Morgan fingerprint density at radius 1 is 1.00 bits per heavy atom. The quantitative estimate of drug-likeness (QED) is 0.330. The lowest BCUT2D eigenvalue weighted by Gasteiger charge is -2.15. The second-order valence-corrected chi connectivity index (χ2v) is 5.57. The Kier molecular flexibility index (Phi) is 11.6. The topological polar surface area (TPSA) is 100 Å². The summed E-state index contributed by atoms with van der Waals surface area (Å²) in [6.07, 6.45) is 5.98. The van der Waals surface area contributed by atoms with Gasteiger partial charge in [-0.05, 0) is 6.42 Å². The molecule has 0 aromatic rings. The number of ether oxygens (including phenoxy) is 4. The van der Waals surface area contributed by atoms with E-state index in [1.165, 1.54) is 0 Å². The molecule has 1 fully saturated rings. The Labute approximate surface area is 148 Å². The van der Waals surface area contributed by atoms with Crippen LogP contribution in [0.4, 0.5) is 0 Å². The summed E-state index contributed by atoms with van der Waals surface area (Å²) in [5.74, 6) is 1.81. The smallest absolute Gasteiger partial charge is 0.224 e. The van der Waals surface area contributed by atoms with Crippen molar-refractivity contribution in [1.29, 1.82) is 0 Å². The molecule has 0 saturated carbocycles. The van der Waals surface area contributed by atoms with Gasteiger partial charge in [-0.1, -0.05) is 5.92 Å². The van der Waals surface area contributed by atoms with E-state index in [0.717, 1.165) is 0 Å². The number of hydrogen-bond donors (Lipinski definition) is 1. The van der Waals surface area contributed by atoms with Crippen LogP contribution in [0, 0.1) is 18.3 Å². The van der Waals surface area contributed by atoms with Gasteiger partial charge in [0.25, 0.3) is 0 Å². The highest BCUT2D eigenvalue weighted by Crippen LogP contribution is 2.16. The van der Waals surface area contributed by atoms with Crippen molar-refractivity contribution in [3.05, 3.63) is 0 Å². The number of nitrogens with zero attached hydrogens (tertiary/aromatic N) is 1. The number of likely N-dealkylation sites (tertiary alicyclic amines) is 1. The van der Waals surface area contributed by atoms with Crippen LogP contribution in [0.25, 0.3) is 0 Å². The summed E-state index contributed by atoms with van der Waals surface area (Å²) < 4.78 is 21.0. The largest absolute Gasteiger partial charge is 0.379 e. The molecular weight excluding hydrogens is 328 g/mol. The van der Waals surface area contributed by atoms with E-state index in [2.05, 4.69) is 5.92 Å². The van der Waals surface area contributed by atoms with Crippen molar-refractivity contribution in [3.8, 4) is 12.3 Å². The minimum atomic E-state index is -0.340. The predicted octanol–water partition coefficient (Wildman–Crippen LogP) is -0.590. The molecule has 0 aromatic carbocycles. The van der Waals surface area contributed by atoms with Gasteiger partial charge in [-0.15, -0.1) is 6.42 Å². The number of terminal acetylenes is 1. The van der Waals surface area contributed by atoms with Crippen molar-refractivity contribution in [2.75, 3.05) is 65.9 Å². The third-order valence-corrected chi connectivity index (χ3v) is 3.71. The van der Waals surface area contributed by atoms with E-state index < -0.39 is 0 Å². The Hall–Kier alpha value is -1.66. The monoisotopic (exact) mass is 356 g/mol. The molecule has 1 aliphatic heterocycles. The molecule has 0 unspecified atom stereocenters. The predicted molar refractivity (Wildman–Crippen MR) is 90.6 cm³/mol. The summed E-state index contributed by atoms with van der Waals surface area (Å²) in [4.78, 5) is 24.7. The van der Waals surface area contributed by atoms with E-state index in [0.29, 0.717) is 78.8 Å². The zero-order valence-electron chi connectivity index (χ0n) is 14.6. The molecule has 1 atom stereocenters. The molecule has 0 aromatic heterocycles. The molecule has 1 aliphatic rings. The fraction of sp³-hybridized carbons (Fsp3) is 0.765. The first-order chi connectivity index (χ1) is 12.1. The third kappa shape index (κ3) is 10.0. The van der Waals surface area contributed by atoms with Crippen LogP contribution in [-0.4, -0.2) is 82.7 Å². The van der Waals surface area contributed by atoms with Gasteiger partial charge in [0.05, 0.1) is 58.6 Å². The van der Waals surface area contributed by atoms with Gasteiger partial charge < -0.3 is 29.6 Å². The molecule has 8 heteroatoms. The van der Waals surface area contributed by atoms with Crippen molar-refractivity contribution in [3.63, 3.8) is 0 Å². The van der Waals surface area contributed by atoms with Gasteiger partial charge in [-0.3, -0.25) is 9.59 Å². The number of amides is 2. The summed E-state index contributed by atoms with van der Waals surface area (Å²) in [5, 5.41) is 0. The van der Waals surface area contributed by atoms with E-state index in [-0.39, 0.29) is 17.7 Å². The highest BCUT2D eigenvalue weighted by molar-refractivity contribution is 5.81. The van der Waals surface area contributed by atoms with Crippen molar-refractivity contribution in [1.82, 2.24) is 4.90 Å². The molecule has 1 heterocycles. The third-order valence-electron chi connectivity index (χ3n) is 3.71. The van der Waals surface area contributed by atoms with Gasteiger partial charge in [0.2, 0.25) is 11.8 Å². The number of carbonyl (C=O) groups excluding carboxylic acids is 2. The van der Waals surface area contributed by atoms with Gasteiger partial charge in [-0.2, -0.15) is 0 Å². The average molecular weight is 356 g/mol. The van der Waals surface area contributed by atoms with Gasteiger partial charge in [0.1, 0.15) is 6.61 Å². The van der Waals surface area contributed by atoms with E-state index in [9.17, 15) is 9.59 Å². The standard InChI is InChI=1S/C17H28N2O6/c1-2-6-22-8-10-24-12-13-25-11-9-23-7-4-16(20)19-5-3-15(14-19)17(18)21/h1,15H,3-14H2,(H2,18,21)/t15-/m0/s1. The number of primary amides is 1. The minimum absolute atomic E-state index is 0.00915. The van der Waals surface area contributed by atoms with Gasteiger partial charge in [0, 0.05) is 13.1 Å². The Bertz CT molecular complexity index is 437. The summed E-state index contributed by atoms with van der Waals surface area (Å²) >= 11 is 0. The summed E-state index contributed by atoms with van der Waals surface area (Å²) in [6, 6.07) is 0. The second kappa shape index (κ2) is 13.6. The fourth-order valence-corrected chi connectivity index (χ4v) is 2.33. The molecule has 0 spiro atoms. The molecule has 2 N–H and O–H groups in total. The number of rotatable bonds is 14. The van der Waals surface area contributed by atoms with Crippen molar-refractivity contribution in [2.24, 2.45) is 11.7 Å². The average Bonchev–Trinajstić information content (AvgIpc) is 3.09. The van der Waals surface area contributed by atoms with Crippen LogP contribution in [0.15, 0.2) is 0 Å². The summed E-state index contributed by atoms with van der Waals surface area (Å²) in [7, 11) is 0. The molecule has 0 aliphatic carbocycles. The molecule has 0 bridgehead atoms.